The van der Waals surface area contributed by atoms with Gasteiger partial charge in [0.1, 0.15) is 12.2 Å². The monoisotopic (exact) mass is 511 g/mol. The van der Waals surface area contributed by atoms with Crippen LogP contribution in [0.3, 0.4) is 0 Å². The first-order valence-electron chi connectivity index (χ1n) is 12.4. The summed E-state index contributed by atoms with van der Waals surface area (Å²) in [4.78, 5) is 14.9. The molecule has 3 heterocycles. The molecule has 0 spiro atoms. The topological polar surface area (TPSA) is 72.3 Å². The number of anilines is 1. The number of nitrogens with one attached hydrogen (secondary N) is 1. The van der Waals surface area contributed by atoms with E-state index in [9.17, 15) is 18.0 Å². The average Bonchev–Trinajstić information content (AvgIpc) is 3.27. The number of rotatable bonds is 7. The molecule has 7 nitrogen and oxygen atoms in total. The number of aromatic nitrogens is 3. The third-order valence-electron chi connectivity index (χ3n) is 7.83. The Bertz CT molecular complexity index is 1360. The minimum absolute atomic E-state index is 0.0291. The zero-order valence-electron chi connectivity index (χ0n) is 20.7. The molecule has 37 heavy (non-hydrogen) atoms. The summed E-state index contributed by atoms with van der Waals surface area (Å²) in [5.74, 6) is 0.458. The lowest BCUT2D eigenvalue weighted by Gasteiger charge is -2.33. The molecule has 194 valence electrons. The smallest absolute Gasteiger partial charge is 0.381 e. The van der Waals surface area contributed by atoms with Gasteiger partial charge in [0, 0.05) is 36.3 Å². The van der Waals surface area contributed by atoms with Crippen molar-refractivity contribution >= 4 is 11.6 Å². The standard InChI is InChI=1S/C27H28F3N5O2/c1-26(6-7-26)31-11-16-8-20-21(22(9-16)27(28,29)30)12-35(25(20)36)19-5-3-4-17(10-19)23(18-13-37-14-18)24-33-32-15-34(24)2/h3-5,8-10,15,18,23,31H,6-7,11-14H2,1-2H3/t23-/m0/s1. The number of aryl methyl sites for hydroxylation is 1. The van der Waals surface area contributed by atoms with Crippen LogP contribution in [0.1, 0.15) is 64.1 Å². The van der Waals surface area contributed by atoms with Crippen LogP contribution >= 0.6 is 0 Å². The van der Waals surface area contributed by atoms with E-state index in [-0.39, 0.29) is 35.0 Å². The van der Waals surface area contributed by atoms with Crippen molar-refractivity contribution in [2.75, 3.05) is 18.1 Å². The van der Waals surface area contributed by atoms with Gasteiger partial charge in [0.15, 0.2) is 0 Å². The van der Waals surface area contributed by atoms with E-state index >= 15 is 0 Å². The number of ether oxygens (including phenoxy) is 1. The molecule has 0 radical (unpaired) electrons. The molecule has 1 amide bonds. The van der Waals surface area contributed by atoms with E-state index in [0.29, 0.717) is 31.0 Å². The Morgan fingerprint density at radius 2 is 2.00 bits per heavy atom. The molecule has 6 rings (SSSR count). The van der Waals surface area contributed by atoms with Crippen LogP contribution in [0.5, 0.6) is 0 Å². The first-order chi connectivity index (χ1) is 17.6. The number of hydrogen-bond acceptors (Lipinski definition) is 5. The Morgan fingerprint density at radius 1 is 1.22 bits per heavy atom. The van der Waals surface area contributed by atoms with Crippen molar-refractivity contribution in [3.8, 4) is 0 Å². The average molecular weight is 512 g/mol. The van der Waals surface area contributed by atoms with Gasteiger partial charge in [0.2, 0.25) is 0 Å². The van der Waals surface area contributed by atoms with E-state index in [1.54, 1.807) is 18.5 Å². The van der Waals surface area contributed by atoms with Gasteiger partial charge in [-0.3, -0.25) is 4.79 Å². The van der Waals surface area contributed by atoms with Crippen molar-refractivity contribution in [3.05, 3.63) is 76.4 Å². The second-order valence-corrected chi connectivity index (χ2v) is 10.6. The second kappa shape index (κ2) is 8.66. The maximum atomic E-state index is 14.1. The summed E-state index contributed by atoms with van der Waals surface area (Å²) < 4.78 is 49.6. The Balaban J connectivity index is 1.34. The maximum absolute atomic E-state index is 14.1. The van der Waals surface area contributed by atoms with Crippen LogP contribution < -0.4 is 10.2 Å². The summed E-state index contributed by atoms with van der Waals surface area (Å²) in [6.45, 7) is 3.38. The van der Waals surface area contributed by atoms with Gasteiger partial charge < -0.3 is 19.5 Å². The van der Waals surface area contributed by atoms with Gasteiger partial charge in [-0.2, -0.15) is 13.2 Å². The third kappa shape index (κ3) is 4.42. The molecule has 1 atom stereocenters. The Kier molecular flexibility index (Phi) is 5.65. The number of benzene rings is 2. The van der Waals surface area contributed by atoms with Gasteiger partial charge >= 0.3 is 6.18 Å². The number of alkyl halides is 3. The van der Waals surface area contributed by atoms with E-state index in [4.69, 9.17) is 4.74 Å². The zero-order valence-corrected chi connectivity index (χ0v) is 20.7. The summed E-state index contributed by atoms with van der Waals surface area (Å²) in [5.41, 5.74) is 1.33. The lowest BCUT2D eigenvalue weighted by molar-refractivity contribution is -0.138. The minimum Gasteiger partial charge on any atom is -0.381 e. The normalized spacial score (nSPS) is 19.6. The molecule has 1 aliphatic carbocycles. The second-order valence-electron chi connectivity index (χ2n) is 10.6. The minimum atomic E-state index is -4.55. The summed E-state index contributed by atoms with van der Waals surface area (Å²) >= 11 is 0. The number of amides is 1. The van der Waals surface area contributed by atoms with Crippen LogP contribution in [-0.4, -0.2) is 39.4 Å². The van der Waals surface area contributed by atoms with Crippen molar-refractivity contribution < 1.29 is 22.7 Å². The zero-order chi connectivity index (χ0) is 25.9. The van der Waals surface area contributed by atoms with Crippen molar-refractivity contribution in [1.29, 1.82) is 0 Å². The number of nitrogens with zero attached hydrogens (tertiary/aromatic N) is 4. The highest BCUT2D eigenvalue weighted by atomic mass is 19.4. The molecule has 2 fully saturated rings. The van der Waals surface area contributed by atoms with Crippen LogP contribution in [0.4, 0.5) is 18.9 Å². The predicted molar refractivity (Wildman–Crippen MR) is 130 cm³/mol. The maximum Gasteiger partial charge on any atom is 0.416 e. The Morgan fingerprint density at radius 3 is 2.62 bits per heavy atom. The quantitative estimate of drug-likeness (QED) is 0.509. The van der Waals surface area contributed by atoms with Crippen LogP contribution in [0.2, 0.25) is 0 Å². The number of hydrogen-bond donors (Lipinski definition) is 1. The van der Waals surface area contributed by atoms with Gasteiger partial charge in [0.25, 0.3) is 5.91 Å². The Hall–Kier alpha value is -3.24. The molecule has 2 aromatic carbocycles. The molecule has 10 heteroatoms. The van der Waals surface area contributed by atoms with Crippen molar-refractivity contribution in [3.63, 3.8) is 0 Å². The fraction of sp³-hybridized carbons (Fsp3) is 0.444. The highest BCUT2D eigenvalue weighted by Crippen LogP contribution is 2.42. The molecular formula is C27H28F3N5O2. The van der Waals surface area contributed by atoms with Crippen molar-refractivity contribution in [2.45, 2.75) is 50.5 Å². The van der Waals surface area contributed by atoms with Gasteiger partial charge in [-0.1, -0.05) is 12.1 Å². The van der Waals surface area contributed by atoms with Crippen LogP contribution in [0, 0.1) is 5.92 Å². The van der Waals surface area contributed by atoms with Crippen molar-refractivity contribution in [2.24, 2.45) is 13.0 Å². The van der Waals surface area contributed by atoms with Crippen molar-refractivity contribution in [1.82, 2.24) is 20.1 Å². The summed E-state index contributed by atoms with van der Waals surface area (Å²) in [5, 5.41) is 11.6. The molecule has 0 unspecified atom stereocenters. The van der Waals surface area contributed by atoms with Gasteiger partial charge in [-0.15, -0.1) is 10.2 Å². The van der Waals surface area contributed by atoms with Crippen LogP contribution in [0.15, 0.2) is 42.7 Å². The van der Waals surface area contributed by atoms with Gasteiger partial charge in [0.05, 0.1) is 31.2 Å². The SMILES string of the molecule is Cn1cnnc1[C@@H](c1cccc(N2Cc3c(cc(CNC4(C)CC4)cc3C(F)(F)F)C2=O)c1)C1COC1. The number of carbonyl (C=O) groups is 1. The molecule has 1 saturated carbocycles. The largest absolute Gasteiger partial charge is 0.416 e. The first-order valence-corrected chi connectivity index (χ1v) is 12.4. The fourth-order valence-corrected chi connectivity index (χ4v) is 5.25. The molecule has 3 aromatic rings. The summed E-state index contributed by atoms with van der Waals surface area (Å²) in [7, 11) is 1.88. The summed E-state index contributed by atoms with van der Waals surface area (Å²) in [6.07, 6.45) is -0.922. The van der Waals surface area contributed by atoms with Crippen LogP contribution in [0.25, 0.3) is 0 Å². The fourth-order valence-electron chi connectivity index (χ4n) is 5.25. The van der Waals surface area contributed by atoms with Crippen LogP contribution in [-0.2, 0) is 31.1 Å². The lowest BCUT2D eigenvalue weighted by Crippen LogP contribution is -2.35. The Labute approximate surface area is 212 Å². The lowest BCUT2D eigenvalue weighted by atomic mass is 9.83. The number of fused-ring (bicyclic) bond motifs is 1. The van der Waals surface area contributed by atoms with E-state index in [2.05, 4.69) is 22.4 Å². The summed E-state index contributed by atoms with van der Waals surface area (Å²) in [6, 6.07) is 10.2. The molecule has 1 aromatic heterocycles. The molecule has 0 bridgehead atoms. The number of halogens is 3. The van der Waals surface area contributed by atoms with E-state index in [1.807, 2.05) is 29.8 Å². The van der Waals surface area contributed by atoms with Gasteiger partial charge in [-0.05, 0) is 60.7 Å². The molecule has 1 saturated heterocycles. The molecule has 1 N–H and O–H groups in total. The highest BCUT2D eigenvalue weighted by Gasteiger charge is 2.42. The molecule has 3 aliphatic rings. The predicted octanol–water partition coefficient (Wildman–Crippen LogP) is 4.41. The highest BCUT2D eigenvalue weighted by molar-refractivity contribution is 6.10. The molecule has 2 aliphatic heterocycles. The van der Waals surface area contributed by atoms with E-state index in [1.165, 1.54) is 11.0 Å². The first kappa shape index (κ1) is 24.1. The van der Waals surface area contributed by atoms with E-state index < -0.39 is 17.6 Å². The van der Waals surface area contributed by atoms with E-state index in [0.717, 1.165) is 24.2 Å². The third-order valence-corrected chi connectivity index (χ3v) is 7.83. The molecular weight excluding hydrogens is 483 g/mol. The van der Waals surface area contributed by atoms with Gasteiger partial charge in [-0.25, -0.2) is 0 Å². The number of carbonyl (C=O) groups excluding carboxylic acids is 1.